The molecule has 1 heterocycles. The summed E-state index contributed by atoms with van der Waals surface area (Å²) in [4.78, 5) is 28.0. The number of amides is 2. The predicted molar refractivity (Wildman–Crippen MR) is 104 cm³/mol. The van der Waals surface area contributed by atoms with E-state index in [1.165, 1.54) is 6.92 Å². The smallest absolute Gasteiger partial charge is 0.263 e. The van der Waals surface area contributed by atoms with Gasteiger partial charge in [-0.2, -0.15) is 0 Å². The van der Waals surface area contributed by atoms with Crippen LogP contribution in [0.4, 0.5) is 5.69 Å². The van der Waals surface area contributed by atoms with Gasteiger partial charge in [0.1, 0.15) is 11.1 Å². The molecule has 0 fully saturated rings. The van der Waals surface area contributed by atoms with Crippen LogP contribution in [0.1, 0.15) is 17.3 Å². The number of nitrogens with zero attached hydrogens (tertiary/aromatic N) is 1. The molecule has 0 aliphatic heterocycles. The third kappa shape index (κ3) is 4.15. The van der Waals surface area contributed by atoms with E-state index in [9.17, 15) is 9.59 Å². The number of imide groups is 1. The quantitative estimate of drug-likeness (QED) is 0.592. The minimum atomic E-state index is -0.609. The maximum atomic E-state index is 12.4. The van der Waals surface area contributed by atoms with Gasteiger partial charge in [0.2, 0.25) is 11.5 Å². The largest absolute Gasteiger partial charge is 0.438 e. The van der Waals surface area contributed by atoms with E-state index in [1.807, 2.05) is 6.07 Å². The Hall–Kier alpha value is -2.15. The molecule has 1 aromatic heterocycles. The lowest BCUT2D eigenvalue weighted by molar-refractivity contribution is -0.118. The van der Waals surface area contributed by atoms with E-state index in [0.717, 1.165) is 4.47 Å². The number of carbonyl (C=O) groups excluding carboxylic acids is 2. The topological polar surface area (TPSA) is 71.7 Å². The van der Waals surface area contributed by atoms with Gasteiger partial charge >= 0.3 is 0 Å². The second kappa shape index (κ2) is 7.61. The fourth-order valence-corrected chi connectivity index (χ4v) is 2.92. The molecule has 5 nitrogen and oxygen atoms in total. The van der Waals surface area contributed by atoms with Gasteiger partial charge in [0.25, 0.3) is 5.91 Å². The van der Waals surface area contributed by atoms with Crippen LogP contribution in [0.3, 0.4) is 0 Å². The van der Waals surface area contributed by atoms with Gasteiger partial charge in [0, 0.05) is 16.8 Å². The molecule has 0 aliphatic carbocycles. The number of nitrogens with one attached hydrogen (secondary N) is 1. The Morgan fingerprint density at radius 1 is 1.08 bits per heavy atom. The van der Waals surface area contributed by atoms with E-state index < -0.39 is 11.8 Å². The fraction of sp³-hybridized carbons (Fsp3) is 0.0556. The average Bonchev–Trinajstić information content (AvgIpc) is 2.57. The standard InChI is InChI=1S/C18H11BrCl2N2O3/c1-9(24)22-17(25)13-7-10-6-11(19)2-5-16(10)26-18(13)23-12-3-4-14(20)15(21)8-12/h2-8H,1H3,(H,22,24,25). The molecule has 1 N–H and O–H groups in total. The Morgan fingerprint density at radius 3 is 2.54 bits per heavy atom. The summed E-state index contributed by atoms with van der Waals surface area (Å²) < 4.78 is 6.62. The molecular formula is C18H11BrCl2N2O3. The second-order valence-corrected chi connectivity index (χ2v) is 7.10. The summed E-state index contributed by atoms with van der Waals surface area (Å²) in [6, 6.07) is 11.8. The maximum Gasteiger partial charge on any atom is 0.263 e. The first-order valence-corrected chi connectivity index (χ1v) is 8.93. The molecule has 0 radical (unpaired) electrons. The molecular weight excluding hydrogens is 443 g/mol. The third-order valence-corrected chi connectivity index (χ3v) is 4.61. The molecule has 8 heteroatoms. The Balaban J connectivity index is 2.25. The lowest BCUT2D eigenvalue weighted by atomic mass is 10.1. The van der Waals surface area contributed by atoms with Gasteiger partial charge in [-0.05, 0) is 42.5 Å². The van der Waals surface area contributed by atoms with Gasteiger partial charge in [0.15, 0.2) is 0 Å². The van der Waals surface area contributed by atoms with Crippen molar-refractivity contribution in [1.29, 1.82) is 0 Å². The zero-order valence-corrected chi connectivity index (χ0v) is 16.4. The highest BCUT2D eigenvalue weighted by atomic mass is 79.9. The molecule has 0 bridgehead atoms. The average molecular weight is 454 g/mol. The minimum absolute atomic E-state index is 0.0527. The number of carbonyl (C=O) groups is 2. The lowest BCUT2D eigenvalue weighted by Crippen LogP contribution is -2.32. The maximum absolute atomic E-state index is 12.4. The van der Waals surface area contributed by atoms with E-state index in [0.29, 0.717) is 26.7 Å². The van der Waals surface area contributed by atoms with Crippen molar-refractivity contribution in [2.24, 2.45) is 4.99 Å². The van der Waals surface area contributed by atoms with Crippen molar-refractivity contribution < 1.29 is 14.0 Å². The van der Waals surface area contributed by atoms with Crippen LogP contribution in [0.15, 0.2) is 56.3 Å². The summed E-state index contributed by atoms with van der Waals surface area (Å²) in [5, 5.41) is 3.63. The number of rotatable bonds is 2. The highest BCUT2D eigenvalue weighted by molar-refractivity contribution is 9.10. The molecule has 0 spiro atoms. The summed E-state index contributed by atoms with van der Waals surface area (Å²) in [6.07, 6.45) is 0. The highest BCUT2D eigenvalue weighted by Gasteiger charge is 2.14. The number of hydrogen-bond donors (Lipinski definition) is 1. The molecule has 2 aromatic carbocycles. The number of halogens is 3. The zero-order chi connectivity index (χ0) is 18.8. The van der Waals surface area contributed by atoms with Gasteiger partial charge in [0.05, 0.1) is 15.7 Å². The Bertz CT molecular complexity index is 1110. The van der Waals surface area contributed by atoms with Gasteiger partial charge in [-0.3, -0.25) is 14.9 Å². The Kier molecular flexibility index (Phi) is 5.46. The van der Waals surface area contributed by atoms with Crippen LogP contribution >= 0.6 is 39.1 Å². The molecule has 0 atom stereocenters. The van der Waals surface area contributed by atoms with Crippen LogP contribution in [-0.2, 0) is 4.79 Å². The van der Waals surface area contributed by atoms with E-state index in [4.69, 9.17) is 27.6 Å². The van der Waals surface area contributed by atoms with Crippen LogP contribution in [0.2, 0.25) is 10.0 Å². The monoisotopic (exact) mass is 452 g/mol. The van der Waals surface area contributed by atoms with Crippen molar-refractivity contribution in [2.45, 2.75) is 6.92 Å². The molecule has 3 aromatic rings. The van der Waals surface area contributed by atoms with Crippen molar-refractivity contribution in [3.05, 3.63) is 68.1 Å². The van der Waals surface area contributed by atoms with Crippen molar-refractivity contribution in [1.82, 2.24) is 5.32 Å². The third-order valence-electron chi connectivity index (χ3n) is 3.38. The Morgan fingerprint density at radius 2 is 1.85 bits per heavy atom. The van der Waals surface area contributed by atoms with Crippen LogP contribution in [0.5, 0.6) is 0 Å². The number of benzene rings is 2. The zero-order valence-electron chi connectivity index (χ0n) is 13.3. The van der Waals surface area contributed by atoms with Crippen molar-refractivity contribution in [3.63, 3.8) is 0 Å². The first-order valence-electron chi connectivity index (χ1n) is 7.38. The molecule has 26 heavy (non-hydrogen) atoms. The van der Waals surface area contributed by atoms with Crippen molar-refractivity contribution >= 4 is 67.6 Å². The minimum Gasteiger partial charge on any atom is -0.438 e. The van der Waals surface area contributed by atoms with E-state index >= 15 is 0 Å². The van der Waals surface area contributed by atoms with Crippen molar-refractivity contribution in [2.75, 3.05) is 0 Å². The summed E-state index contributed by atoms with van der Waals surface area (Å²) in [6.45, 7) is 1.25. The molecule has 3 rings (SSSR count). The van der Waals surface area contributed by atoms with E-state index in [1.54, 1.807) is 36.4 Å². The molecule has 2 amide bonds. The van der Waals surface area contributed by atoms with Crippen LogP contribution in [0, 0.1) is 0 Å². The van der Waals surface area contributed by atoms with Gasteiger partial charge in [-0.1, -0.05) is 39.1 Å². The summed E-state index contributed by atoms with van der Waals surface area (Å²) >= 11 is 15.3. The molecule has 0 aliphatic rings. The SMILES string of the molecule is CC(=O)NC(=O)c1cc2cc(Br)ccc2oc1=Nc1ccc(Cl)c(Cl)c1. The van der Waals surface area contributed by atoms with Gasteiger partial charge < -0.3 is 4.42 Å². The first kappa shape index (κ1) is 18.6. The summed E-state index contributed by atoms with van der Waals surface area (Å²) in [7, 11) is 0. The predicted octanol–water partition coefficient (Wildman–Crippen LogP) is 5.01. The molecule has 0 unspecified atom stereocenters. The Labute approximate surface area is 166 Å². The molecule has 0 saturated carbocycles. The molecule has 132 valence electrons. The second-order valence-electron chi connectivity index (χ2n) is 5.37. The highest BCUT2D eigenvalue weighted by Crippen LogP contribution is 2.26. The molecule has 0 saturated heterocycles. The number of hydrogen-bond acceptors (Lipinski definition) is 4. The van der Waals surface area contributed by atoms with Crippen LogP contribution in [-0.4, -0.2) is 11.8 Å². The number of fused-ring (bicyclic) bond motifs is 1. The summed E-state index contributed by atoms with van der Waals surface area (Å²) in [5.74, 6) is -1.09. The first-order chi connectivity index (χ1) is 12.3. The van der Waals surface area contributed by atoms with Crippen LogP contribution in [0.25, 0.3) is 11.0 Å². The van der Waals surface area contributed by atoms with E-state index in [-0.39, 0.29) is 11.1 Å². The fourth-order valence-electron chi connectivity index (χ4n) is 2.25. The lowest BCUT2D eigenvalue weighted by Gasteiger charge is -2.05. The van der Waals surface area contributed by atoms with Gasteiger partial charge in [-0.25, -0.2) is 4.99 Å². The van der Waals surface area contributed by atoms with Gasteiger partial charge in [-0.15, -0.1) is 0 Å². The summed E-state index contributed by atoms with van der Waals surface area (Å²) in [5.41, 5.74) is 1.16. The normalized spacial score (nSPS) is 11.6. The van der Waals surface area contributed by atoms with E-state index in [2.05, 4.69) is 26.2 Å². The van der Waals surface area contributed by atoms with Crippen molar-refractivity contribution in [3.8, 4) is 0 Å². The van der Waals surface area contributed by atoms with Crippen LogP contribution < -0.4 is 10.9 Å².